The zero-order valence-electron chi connectivity index (χ0n) is 13.8. The third kappa shape index (κ3) is 2.80. The Hall–Kier alpha value is -1.92. The average molecular weight is 332 g/mol. The molecule has 0 bridgehead atoms. The van der Waals surface area contributed by atoms with Gasteiger partial charge in [0, 0.05) is 24.8 Å². The number of amides is 1. The first-order valence-corrected chi connectivity index (χ1v) is 8.45. The Bertz CT molecular complexity index is 621. The van der Waals surface area contributed by atoms with Crippen molar-refractivity contribution in [2.75, 3.05) is 13.2 Å². The largest absolute Gasteiger partial charge is 0.466 e. The fourth-order valence-corrected chi connectivity index (χ4v) is 4.21. The minimum absolute atomic E-state index is 0.235. The maximum atomic E-state index is 12.2. The van der Waals surface area contributed by atoms with Crippen LogP contribution in [0.25, 0.3) is 0 Å². The van der Waals surface area contributed by atoms with Crippen molar-refractivity contribution in [2.45, 2.75) is 31.4 Å². The molecule has 0 aromatic heterocycles. The highest BCUT2D eigenvalue weighted by molar-refractivity contribution is 5.90. The first-order chi connectivity index (χ1) is 11.5. The van der Waals surface area contributed by atoms with E-state index < -0.39 is 23.5 Å². The summed E-state index contributed by atoms with van der Waals surface area (Å²) in [6.07, 6.45) is 0.289. The van der Waals surface area contributed by atoms with Crippen LogP contribution in [0, 0.1) is 17.8 Å². The first-order valence-electron chi connectivity index (χ1n) is 8.45. The third-order valence-electron chi connectivity index (χ3n) is 5.32. The summed E-state index contributed by atoms with van der Waals surface area (Å²) in [6.45, 7) is 2.58. The normalized spacial score (nSPS) is 33.8. The smallest absolute Gasteiger partial charge is 0.309 e. The number of rotatable bonds is 7. The van der Waals surface area contributed by atoms with E-state index in [2.05, 4.69) is 5.32 Å². The summed E-state index contributed by atoms with van der Waals surface area (Å²) in [5.74, 6) is -1.80. The second kappa shape index (κ2) is 6.53. The molecule has 3 rings (SSSR count). The molecular formula is C18H24N2O4. The van der Waals surface area contributed by atoms with Crippen LogP contribution in [0.15, 0.2) is 30.3 Å². The predicted molar refractivity (Wildman–Crippen MR) is 87.8 cm³/mol. The van der Waals surface area contributed by atoms with Crippen LogP contribution in [-0.4, -0.2) is 41.8 Å². The number of primary amides is 1. The van der Waals surface area contributed by atoms with Gasteiger partial charge in [0.1, 0.15) is 5.54 Å². The number of aliphatic hydroxyl groups excluding tert-OH is 1. The number of esters is 1. The molecule has 0 heterocycles. The van der Waals surface area contributed by atoms with Crippen LogP contribution in [0.5, 0.6) is 0 Å². The van der Waals surface area contributed by atoms with Gasteiger partial charge in [0.15, 0.2) is 0 Å². The van der Waals surface area contributed by atoms with Gasteiger partial charge >= 0.3 is 5.97 Å². The third-order valence-corrected chi connectivity index (χ3v) is 5.32. The van der Waals surface area contributed by atoms with Crippen molar-refractivity contribution < 1.29 is 19.4 Å². The van der Waals surface area contributed by atoms with Crippen LogP contribution >= 0.6 is 0 Å². The second-order valence-corrected chi connectivity index (χ2v) is 6.65. The number of aliphatic hydroxyl groups is 1. The molecule has 0 saturated heterocycles. The Labute approximate surface area is 141 Å². The summed E-state index contributed by atoms with van der Waals surface area (Å²) in [6, 6.07) is 9.92. The summed E-state index contributed by atoms with van der Waals surface area (Å²) in [4.78, 5) is 24.2. The summed E-state index contributed by atoms with van der Waals surface area (Å²) in [5, 5.41) is 13.5. The van der Waals surface area contributed by atoms with E-state index in [1.165, 1.54) is 0 Å². The van der Waals surface area contributed by atoms with Crippen LogP contribution in [0.4, 0.5) is 0 Å². The standard InChI is InChI=1S/C18H24N2O4/c1-2-24-16(22)14-13-12(21)10-18(15(13)14,17(19)23)20-9-8-11-6-4-3-5-7-11/h3-7,12-15,20-21H,2,8-10H2,1H3,(H2,19,23)/t12-,13?,14-,15?,18-/m0/s1. The van der Waals surface area contributed by atoms with E-state index in [1.54, 1.807) is 6.92 Å². The minimum Gasteiger partial charge on any atom is -0.466 e. The molecule has 2 saturated carbocycles. The van der Waals surface area contributed by atoms with E-state index in [9.17, 15) is 14.7 Å². The second-order valence-electron chi connectivity index (χ2n) is 6.65. The molecule has 6 heteroatoms. The number of nitrogens with one attached hydrogen (secondary N) is 1. The van der Waals surface area contributed by atoms with Gasteiger partial charge in [0.05, 0.1) is 18.6 Å². The fraction of sp³-hybridized carbons (Fsp3) is 0.556. The molecule has 1 amide bonds. The van der Waals surface area contributed by atoms with E-state index in [0.717, 1.165) is 12.0 Å². The molecular weight excluding hydrogens is 308 g/mol. The van der Waals surface area contributed by atoms with Crippen LogP contribution in [0.2, 0.25) is 0 Å². The van der Waals surface area contributed by atoms with Crippen molar-refractivity contribution in [3.05, 3.63) is 35.9 Å². The maximum Gasteiger partial charge on any atom is 0.309 e. The average Bonchev–Trinajstić information content (AvgIpc) is 3.24. The van der Waals surface area contributed by atoms with Gasteiger partial charge in [-0.2, -0.15) is 0 Å². The van der Waals surface area contributed by atoms with Crippen LogP contribution in [-0.2, 0) is 20.7 Å². The van der Waals surface area contributed by atoms with Gasteiger partial charge in [-0.3, -0.25) is 9.59 Å². The molecule has 130 valence electrons. The summed E-state index contributed by atoms with van der Waals surface area (Å²) in [5.41, 5.74) is 5.78. The number of carbonyl (C=O) groups excluding carboxylic acids is 2. The molecule has 4 N–H and O–H groups in total. The van der Waals surface area contributed by atoms with Crippen LogP contribution in [0.1, 0.15) is 18.9 Å². The molecule has 0 spiro atoms. The number of hydrogen-bond acceptors (Lipinski definition) is 5. The van der Waals surface area contributed by atoms with E-state index >= 15 is 0 Å². The highest BCUT2D eigenvalue weighted by Crippen LogP contribution is 2.62. The zero-order valence-corrected chi connectivity index (χ0v) is 13.8. The van der Waals surface area contributed by atoms with Crippen molar-refractivity contribution in [1.29, 1.82) is 0 Å². The Morgan fingerprint density at radius 3 is 2.71 bits per heavy atom. The van der Waals surface area contributed by atoms with Gasteiger partial charge in [-0.05, 0) is 18.9 Å². The molecule has 24 heavy (non-hydrogen) atoms. The quantitative estimate of drug-likeness (QED) is 0.621. The van der Waals surface area contributed by atoms with Gasteiger partial charge < -0.3 is 20.9 Å². The van der Waals surface area contributed by atoms with Gasteiger partial charge in [-0.1, -0.05) is 30.3 Å². The molecule has 1 aromatic rings. The van der Waals surface area contributed by atoms with Crippen molar-refractivity contribution in [1.82, 2.24) is 5.32 Å². The number of hydrogen-bond donors (Lipinski definition) is 3. The van der Waals surface area contributed by atoms with Crippen molar-refractivity contribution >= 4 is 11.9 Å². The Morgan fingerprint density at radius 2 is 2.08 bits per heavy atom. The molecule has 6 nitrogen and oxygen atoms in total. The highest BCUT2D eigenvalue weighted by Gasteiger charge is 2.74. The van der Waals surface area contributed by atoms with E-state index in [0.29, 0.717) is 6.54 Å². The Balaban J connectivity index is 1.70. The number of carbonyl (C=O) groups is 2. The summed E-state index contributed by atoms with van der Waals surface area (Å²) >= 11 is 0. The summed E-state index contributed by atoms with van der Waals surface area (Å²) in [7, 11) is 0. The van der Waals surface area contributed by atoms with E-state index in [-0.39, 0.29) is 30.8 Å². The monoisotopic (exact) mass is 332 g/mol. The van der Waals surface area contributed by atoms with Gasteiger partial charge in [-0.15, -0.1) is 0 Å². The Kier molecular flexibility index (Phi) is 4.60. The lowest BCUT2D eigenvalue weighted by Gasteiger charge is -2.31. The fourth-order valence-electron chi connectivity index (χ4n) is 4.21. The lowest BCUT2D eigenvalue weighted by molar-refractivity contribution is -0.146. The molecule has 1 aromatic carbocycles. The van der Waals surface area contributed by atoms with Crippen molar-refractivity contribution in [3.8, 4) is 0 Å². The highest BCUT2D eigenvalue weighted by atomic mass is 16.5. The topological polar surface area (TPSA) is 102 Å². The number of ether oxygens (including phenoxy) is 1. The summed E-state index contributed by atoms with van der Waals surface area (Å²) < 4.78 is 5.07. The predicted octanol–water partition coefficient (Wildman–Crippen LogP) is 0.233. The number of nitrogens with two attached hydrogens (primary N) is 1. The minimum atomic E-state index is -1.03. The lowest BCUT2D eigenvalue weighted by Crippen LogP contribution is -2.58. The zero-order chi connectivity index (χ0) is 17.3. The van der Waals surface area contributed by atoms with E-state index in [1.807, 2.05) is 30.3 Å². The molecule has 2 unspecified atom stereocenters. The number of benzene rings is 1. The SMILES string of the molecule is CCOC(=O)[C@H]1C2C1[C@](NCCc1ccccc1)(C(N)=O)C[C@@H]2O. The van der Waals surface area contributed by atoms with Gasteiger partial charge in [-0.25, -0.2) is 0 Å². The van der Waals surface area contributed by atoms with Crippen LogP contribution in [0.3, 0.4) is 0 Å². The van der Waals surface area contributed by atoms with Gasteiger partial charge in [0.2, 0.25) is 5.91 Å². The lowest BCUT2D eigenvalue weighted by atomic mass is 9.88. The molecule has 5 atom stereocenters. The van der Waals surface area contributed by atoms with E-state index in [4.69, 9.17) is 10.5 Å². The Morgan fingerprint density at radius 1 is 1.38 bits per heavy atom. The number of fused-ring (bicyclic) bond motifs is 1. The molecule has 2 aliphatic rings. The molecule has 0 radical (unpaired) electrons. The van der Waals surface area contributed by atoms with Crippen LogP contribution < -0.4 is 11.1 Å². The van der Waals surface area contributed by atoms with Crippen molar-refractivity contribution in [3.63, 3.8) is 0 Å². The first kappa shape index (κ1) is 16.9. The van der Waals surface area contributed by atoms with Gasteiger partial charge in [0.25, 0.3) is 0 Å². The van der Waals surface area contributed by atoms with Crippen molar-refractivity contribution in [2.24, 2.45) is 23.5 Å². The molecule has 0 aliphatic heterocycles. The molecule has 2 aliphatic carbocycles. The molecule has 2 fully saturated rings. The maximum absolute atomic E-state index is 12.2.